The van der Waals surface area contributed by atoms with E-state index in [1.54, 1.807) is 0 Å². The molecule has 0 amide bonds. The molecule has 1 aromatic heterocycles. The molecule has 2 aromatic rings. The highest BCUT2D eigenvalue weighted by atomic mass is 35.5. The van der Waals surface area contributed by atoms with Crippen molar-refractivity contribution < 1.29 is 0 Å². The fourth-order valence-electron chi connectivity index (χ4n) is 2.05. The topological polar surface area (TPSA) is 37.0 Å². The number of nitrogens with one attached hydrogen (secondary N) is 2. The van der Waals surface area contributed by atoms with Crippen molar-refractivity contribution >= 4 is 23.2 Å². The molecule has 0 saturated carbocycles. The van der Waals surface area contributed by atoms with Gasteiger partial charge in [0.1, 0.15) is 11.6 Å². The Labute approximate surface area is 111 Å². The van der Waals surface area contributed by atoms with E-state index in [2.05, 4.69) is 21.7 Å². The van der Waals surface area contributed by atoms with Crippen molar-refractivity contribution in [3.63, 3.8) is 0 Å². The van der Waals surface area contributed by atoms with Crippen LogP contribution in [0.25, 0.3) is 0 Å². The molecule has 0 aliphatic carbocycles. The SMILES string of the molecule is Clc1ccc(CNc2ccc3c(n2)NCC3)cc1. The van der Waals surface area contributed by atoms with Gasteiger partial charge in [0.2, 0.25) is 0 Å². The molecule has 2 heterocycles. The Morgan fingerprint density at radius 1 is 1.17 bits per heavy atom. The zero-order valence-corrected chi connectivity index (χ0v) is 10.7. The molecule has 0 unspecified atom stereocenters. The second kappa shape index (κ2) is 4.86. The van der Waals surface area contributed by atoms with Gasteiger partial charge in [0.05, 0.1) is 0 Å². The first-order valence-corrected chi connectivity index (χ1v) is 6.41. The molecular formula is C14H14ClN3. The largest absolute Gasteiger partial charge is 0.369 e. The molecule has 4 heteroatoms. The molecule has 2 N–H and O–H groups in total. The van der Waals surface area contributed by atoms with Gasteiger partial charge in [-0.25, -0.2) is 4.98 Å². The van der Waals surface area contributed by atoms with E-state index >= 15 is 0 Å². The molecule has 0 radical (unpaired) electrons. The predicted molar refractivity (Wildman–Crippen MR) is 75.2 cm³/mol. The van der Waals surface area contributed by atoms with E-state index in [0.717, 1.165) is 36.2 Å². The highest BCUT2D eigenvalue weighted by Gasteiger charge is 2.11. The number of hydrogen-bond acceptors (Lipinski definition) is 3. The van der Waals surface area contributed by atoms with E-state index < -0.39 is 0 Å². The summed E-state index contributed by atoms with van der Waals surface area (Å²) in [7, 11) is 0. The van der Waals surface area contributed by atoms with Crippen molar-refractivity contribution in [2.24, 2.45) is 0 Å². The summed E-state index contributed by atoms with van der Waals surface area (Å²) in [4.78, 5) is 4.54. The third-order valence-electron chi connectivity index (χ3n) is 3.05. The van der Waals surface area contributed by atoms with Gasteiger partial charge in [-0.1, -0.05) is 29.8 Å². The molecule has 3 rings (SSSR count). The number of nitrogens with zero attached hydrogens (tertiary/aromatic N) is 1. The maximum Gasteiger partial charge on any atom is 0.131 e. The van der Waals surface area contributed by atoms with Crippen LogP contribution in [0.2, 0.25) is 5.02 Å². The van der Waals surface area contributed by atoms with Crippen molar-refractivity contribution in [1.29, 1.82) is 0 Å². The van der Waals surface area contributed by atoms with Crippen LogP contribution in [0.1, 0.15) is 11.1 Å². The smallest absolute Gasteiger partial charge is 0.131 e. The lowest BCUT2D eigenvalue weighted by molar-refractivity contribution is 1.10. The number of pyridine rings is 1. The van der Waals surface area contributed by atoms with Gasteiger partial charge in [-0.05, 0) is 35.7 Å². The van der Waals surface area contributed by atoms with Crippen molar-refractivity contribution in [1.82, 2.24) is 4.98 Å². The Kier molecular flexibility index (Phi) is 3.07. The Morgan fingerprint density at radius 3 is 2.83 bits per heavy atom. The monoisotopic (exact) mass is 259 g/mol. The third kappa shape index (κ3) is 2.41. The summed E-state index contributed by atoms with van der Waals surface area (Å²) in [6.45, 7) is 1.74. The van der Waals surface area contributed by atoms with Crippen LogP contribution in [0.5, 0.6) is 0 Å². The van der Waals surface area contributed by atoms with E-state index in [1.807, 2.05) is 30.3 Å². The fourth-order valence-corrected chi connectivity index (χ4v) is 2.18. The van der Waals surface area contributed by atoms with E-state index in [-0.39, 0.29) is 0 Å². The molecule has 0 atom stereocenters. The number of anilines is 2. The van der Waals surface area contributed by atoms with E-state index in [4.69, 9.17) is 11.6 Å². The van der Waals surface area contributed by atoms with Gasteiger partial charge >= 0.3 is 0 Å². The molecule has 0 bridgehead atoms. The Bertz CT molecular complexity index is 551. The van der Waals surface area contributed by atoms with Crippen LogP contribution >= 0.6 is 11.6 Å². The maximum absolute atomic E-state index is 5.85. The van der Waals surface area contributed by atoms with Gasteiger partial charge in [-0.15, -0.1) is 0 Å². The van der Waals surface area contributed by atoms with Gasteiger partial charge in [-0.3, -0.25) is 0 Å². The van der Waals surface area contributed by atoms with E-state index in [0.29, 0.717) is 0 Å². The average Bonchev–Trinajstić information content (AvgIpc) is 2.85. The lowest BCUT2D eigenvalue weighted by Crippen LogP contribution is -2.02. The summed E-state index contributed by atoms with van der Waals surface area (Å²) in [5.41, 5.74) is 2.49. The molecule has 0 spiro atoms. The van der Waals surface area contributed by atoms with Gasteiger partial charge in [0.15, 0.2) is 0 Å². The quantitative estimate of drug-likeness (QED) is 0.888. The van der Waals surface area contributed by atoms with Gasteiger partial charge in [0.25, 0.3) is 0 Å². The first-order chi connectivity index (χ1) is 8.81. The summed E-state index contributed by atoms with van der Waals surface area (Å²) in [5, 5.41) is 7.36. The first kappa shape index (κ1) is 11.4. The Hall–Kier alpha value is -1.74. The molecule has 1 aromatic carbocycles. The number of rotatable bonds is 3. The average molecular weight is 260 g/mol. The second-order valence-corrected chi connectivity index (χ2v) is 4.80. The molecule has 92 valence electrons. The van der Waals surface area contributed by atoms with Crippen LogP contribution < -0.4 is 10.6 Å². The van der Waals surface area contributed by atoms with Crippen LogP contribution in [0.3, 0.4) is 0 Å². The molecule has 3 nitrogen and oxygen atoms in total. The summed E-state index contributed by atoms with van der Waals surface area (Å²) in [6, 6.07) is 12.0. The summed E-state index contributed by atoms with van der Waals surface area (Å²) in [6.07, 6.45) is 1.07. The summed E-state index contributed by atoms with van der Waals surface area (Å²) in [5.74, 6) is 1.91. The van der Waals surface area contributed by atoms with Crippen LogP contribution in [0, 0.1) is 0 Å². The predicted octanol–water partition coefficient (Wildman–Crippen LogP) is 3.32. The minimum Gasteiger partial charge on any atom is -0.369 e. The summed E-state index contributed by atoms with van der Waals surface area (Å²) < 4.78 is 0. The lowest BCUT2D eigenvalue weighted by atomic mass is 10.2. The van der Waals surface area contributed by atoms with Gasteiger partial charge in [0, 0.05) is 18.1 Å². The van der Waals surface area contributed by atoms with Crippen molar-refractivity contribution in [2.75, 3.05) is 17.2 Å². The molecular weight excluding hydrogens is 246 g/mol. The normalized spacial score (nSPS) is 12.9. The number of hydrogen-bond donors (Lipinski definition) is 2. The Balaban J connectivity index is 1.68. The van der Waals surface area contributed by atoms with E-state index in [9.17, 15) is 0 Å². The van der Waals surface area contributed by atoms with Gasteiger partial charge < -0.3 is 10.6 Å². The zero-order chi connectivity index (χ0) is 12.4. The zero-order valence-electron chi connectivity index (χ0n) is 9.91. The maximum atomic E-state index is 5.85. The second-order valence-electron chi connectivity index (χ2n) is 4.36. The Morgan fingerprint density at radius 2 is 2.00 bits per heavy atom. The van der Waals surface area contributed by atoms with Crippen LogP contribution in [-0.2, 0) is 13.0 Å². The molecule has 18 heavy (non-hydrogen) atoms. The number of aromatic nitrogens is 1. The molecule has 1 aliphatic rings. The number of benzene rings is 1. The lowest BCUT2D eigenvalue weighted by Gasteiger charge is -2.07. The highest BCUT2D eigenvalue weighted by molar-refractivity contribution is 6.30. The number of halogens is 1. The van der Waals surface area contributed by atoms with Crippen molar-refractivity contribution in [3.05, 3.63) is 52.5 Å². The van der Waals surface area contributed by atoms with Crippen LogP contribution in [-0.4, -0.2) is 11.5 Å². The van der Waals surface area contributed by atoms with Crippen molar-refractivity contribution in [2.45, 2.75) is 13.0 Å². The standard InChI is InChI=1S/C14H14ClN3/c15-12-4-1-10(2-5-12)9-17-13-6-3-11-7-8-16-14(11)18-13/h1-6H,7-9H2,(H2,16,17,18). The van der Waals surface area contributed by atoms with Crippen molar-refractivity contribution in [3.8, 4) is 0 Å². The number of fused-ring (bicyclic) bond motifs is 1. The third-order valence-corrected chi connectivity index (χ3v) is 3.30. The van der Waals surface area contributed by atoms with Crippen LogP contribution in [0.15, 0.2) is 36.4 Å². The van der Waals surface area contributed by atoms with Gasteiger partial charge in [-0.2, -0.15) is 0 Å². The molecule has 0 saturated heterocycles. The first-order valence-electron chi connectivity index (χ1n) is 6.03. The highest BCUT2D eigenvalue weighted by Crippen LogP contribution is 2.21. The minimum absolute atomic E-state index is 0.753. The fraction of sp³-hybridized carbons (Fsp3) is 0.214. The molecule has 1 aliphatic heterocycles. The minimum atomic E-state index is 0.753. The molecule has 0 fully saturated rings. The van der Waals surface area contributed by atoms with E-state index in [1.165, 1.54) is 11.1 Å². The summed E-state index contributed by atoms with van der Waals surface area (Å²) >= 11 is 5.85. The van der Waals surface area contributed by atoms with Crippen LogP contribution in [0.4, 0.5) is 11.6 Å².